The van der Waals surface area contributed by atoms with E-state index in [1.165, 1.54) is 121 Å². The summed E-state index contributed by atoms with van der Waals surface area (Å²) in [6.45, 7) is 9.03. The highest BCUT2D eigenvalue weighted by Crippen LogP contribution is 2.16. The summed E-state index contributed by atoms with van der Waals surface area (Å²) in [5, 5.41) is 0. The van der Waals surface area contributed by atoms with Crippen LogP contribution in [0.25, 0.3) is 0 Å². The Morgan fingerprint density at radius 1 is 0.577 bits per heavy atom. The third-order valence-corrected chi connectivity index (χ3v) is 5.91. The summed E-state index contributed by atoms with van der Waals surface area (Å²) in [6.07, 6.45) is 24.8. The maximum absolute atomic E-state index is 6.27. The second-order valence-electron chi connectivity index (χ2n) is 8.82. The van der Waals surface area contributed by atoms with E-state index in [2.05, 4.69) is 27.7 Å². The fraction of sp³-hybridized carbons (Fsp3) is 0.920. The van der Waals surface area contributed by atoms with Crippen molar-refractivity contribution in [2.45, 2.75) is 149 Å². The average Bonchev–Trinajstić information content (AvgIpc) is 2.62. The van der Waals surface area contributed by atoms with Crippen LogP contribution in [0.3, 0.4) is 0 Å². The van der Waals surface area contributed by atoms with E-state index in [1.807, 2.05) is 0 Å². The van der Waals surface area contributed by atoms with E-state index in [1.54, 1.807) is 5.57 Å². The Morgan fingerprint density at radius 3 is 1.38 bits per heavy atom. The van der Waals surface area contributed by atoms with E-state index in [4.69, 9.17) is 5.73 Å². The summed E-state index contributed by atoms with van der Waals surface area (Å²) in [7, 11) is 0. The largest absolute Gasteiger partial charge is 0.328 e. The van der Waals surface area contributed by atoms with Gasteiger partial charge in [0.05, 0.1) is 0 Å². The van der Waals surface area contributed by atoms with Crippen molar-refractivity contribution in [3.05, 3.63) is 11.1 Å². The lowest BCUT2D eigenvalue weighted by atomic mass is 10.00. The van der Waals surface area contributed by atoms with Crippen molar-refractivity contribution in [2.75, 3.05) is 0 Å². The van der Waals surface area contributed by atoms with Gasteiger partial charge >= 0.3 is 0 Å². The lowest BCUT2D eigenvalue weighted by Gasteiger charge is -2.11. The molecule has 0 aromatic heterocycles. The number of unbranched alkanes of at least 4 members (excludes halogenated alkanes) is 13. The Morgan fingerprint density at radius 2 is 0.962 bits per heavy atom. The molecule has 156 valence electrons. The van der Waals surface area contributed by atoms with Gasteiger partial charge in [0.25, 0.3) is 0 Å². The zero-order chi connectivity index (χ0) is 19.5. The van der Waals surface area contributed by atoms with Crippen LogP contribution in [0.4, 0.5) is 0 Å². The van der Waals surface area contributed by atoms with Crippen LogP contribution < -0.4 is 5.73 Å². The topological polar surface area (TPSA) is 26.0 Å². The number of allylic oxidation sites excluding steroid dienone is 2. The van der Waals surface area contributed by atoms with E-state index in [9.17, 15) is 0 Å². The third-order valence-electron chi connectivity index (χ3n) is 5.91. The quantitative estimate of drug-likeness (QED) is 0.180. The monoisotopic (exact) mass is 365 g/mol. The molecular weight excluding hydrogens is 314 g/mol. The highest BCUT2D eigenvalue weighted by molar-refractivity contribution is 5.06. The molecule has 1 atom stereocenters. The zero-order valence-electron chi connectivity index (χ0n) is 18.9. The van der Waals surface area contributed by atoms with E-state index < -0.39 is 0 Å². The van der Waals surface area contributed by atoms with Crippen LogP contribution in [-0.2, 0) is 0 Å². The molecule has 1 heteroatoms. The fourth-order valence-electron chi connectivity index (χ4n) is 3.62. The van der Waals surface area contributed by atoms with Crippen LogP contribution >= 0.6 is 0 Å². The lowest BCUT2D eigenvalue weighted by Crippen LogP contribution is -2.19. The van der Waals surface area contributed by atoms with Crippen LogP contribution in [0.1, 0.15) is 143 Å². The second-order valence-corrected chi connectivity index (χ2v) is 8.82. The van der Waals surface area contributed by atoms with Crippen LogP contribution in [0, 0.1) is 0 Å². The molecule has 26 heavy (non-hydrogen) atoms. The lowest BCUT2D eigenvalue weighted by molar-refractivity contribution is 0.480. The number of nitrogens with two attached hydrogens (primary N) is 1. The highest BCUT2D eigenvalue weighted by Gasteiger charge is 2.02. The molecule has 0 heterocycles. The zero-order valence-corrected chi connectivity index (χ0v) is 18.9. The van der Waals surface area contributed by atoms with Crippen molar-refractivity contribution in [1.29, 1.82) is 0 Å². The van der Waals surface area contributed by atoms with Crippen molar-refractivity contribution in [3.63, 3.8) is 0 Å². The third kappa shape index (κ3) is 18.5. The van der Waals surface area contributed by atoms with Crippen LogP contribution in [0.15, 0.2) is 11.1 Å². The molecule has 0 fully saturated rings. The Labute approximate surface area is 166 Å². The standard InChI is InChI=1S/C25H51N/c1-5-6-7-8-11-15-18-21-25(26)22-19-16-13-10-9-12-14-17-20-24(4)23(2)3/h25H,5-22,26H2,1-4H3. The molecule has 0 saturated carbocycles. The van der Waals surface area contributed by atoms with Gasteiger partial charge in [-0.2, -0.15) is 0 Å². The van der Waals surface area contributed by atoms with Gasteiger partial charge < -0.3 is 5.73 Å². The summed E-state index contributed by atoms with van der Waals surface area (Å²) in [5.74, 6) is 0. The Balaban J connectivity index is 3.23. The first-order valence-corrected chi connectivity index (χ1v) is 12.0. The SMILES string of the molecule is CCCCCCCCCC(N)CCCCCCCCCCC(C)=C(C)C. The fourth-order valence-corrected chi connectivity index (χ4v) is 3.62. The smallest absolute Gasteiger partial charge is 0.00388 e. The summed E-state index contributed by atoms with van der Waals surface area (Å²) in [5.41, 5.74) is 9.38. The molecule has 0 rings (SSSR count). The van der Waals surface area contributed by atoms with Gasteiger partial charge in [0.1, 0.15) is 0 Å². The van der Waals surface area contributed by atoms with Gasteiger partial charge in [0.15, 0.2) is 0 Å². The molecule has 0 saturated heterocycles. The Hall–Kier alpha value is -0.300. The minimum atomic E-state index is 0.462. The molecule has 0 radical (unpaired) electrons. The van der Waals surface area contributed by atoms with Gasteiger partial charge in [0, 0.05) is 6.04 Å². The molecule has 1 unspecified atom stereocenters. The molecule has 0 amide bonds. The molecule has 0 aromatic rings. The Bertz CT molecular complexity index is 314. The minimum absolute atomic E-state index is 0.462. The van der Waals surface area contributed by atoms with Gasteiger partial charge in [-0.1, -0.05) is 108 Å². The first-order valence-electron chi connectivity index (χ1n) is 12.0. The highest BCUT2D eigenvalue weighted by atomic mass is 14.6. The van der Waals surface area contributed by atoms with E-state index in [0.29, 0.717) is 6.04 Å². The number of hydrogen-bond donors (Lipinski definition) is 1. The van der Waals surface area contributed by atoms with Crippen molar-refractivity contribution < 1.29 is 0 Å². The number of hydrogen-bond acceptors (Lipinski definition) is 1. The molecule has 0 aliphatic heterocycles. The van der Waals surface area contributed by atoms with Crippen molar-refractivity contribution in [3.8, 4) is 0 Å². The molecule has 0 aromatic carbocycles. The van der Waals surface area contributed by atoms with Crippen LogP contribution in [-0.4, -0.2) is 6.04 Å². The van der Waals surface area contributed by atoms with Gasteiger partial charge in [-0.25, -0.2) is 0 Å². The Kier molecular flexibility index (Phi) is 19.2. The molecule has 1 nitrogen and oxygen atoms in total. The predicted octanol–water partition coefficient (Wildman–Crippen LogP) is 8.71. The molecule has 0 spiro atoms. The van der Waals surface area contributed by atoms with Gasteiger partial charge in [-0.3, -0.25) is 0 Å². The second kappa shape index (κ2) is 19.5. The average molecular weight is 366 g/mol. The van der Waals surface area contributed by atoms with E-state index in [0.717, 1.165) is 0 Å². The molecule has 2 N–H and O–H groups in total. The normalized spacial score (nSPS) is 12.3. The van der Waals surface area contributed by atoms with Crippen molar-refractivity contribution in [1.82, 2.24) is 0 Å². The maximum Gasteiger partial charge on any atom is 0.00388 e. The van der Waals surface area contributed by atoms with Gasteiger partial charge in [-0.05, 0) is 46.5 Å². The summed E-state index contributed by atoms with van der Waals surface area (Å²) < 4.78 is 0. The van der Waals surface area contributed by atoms with Crippen molar-refractivity contribution >= 4 is 0 Å². The maximum atomic E-state index is 6.27. The molecule has 0 aliphatic rings. The number of rotatable bonds is 19. The van der Waals surface area contributed by atoms with E-state index in [-0.39, 0.29) is 0 Å². The first kappa shape index (κ1) is 25.7. The van der Waals surface area contributed by atoms with E-state index >= 15 is 0 Å². The summed E-state index contributed by atoms with van der Waals surface area (Å²) in [4.78, 5) is 0. The summed E-state index contributed by atoms with van der Waals surface area (Å²) in [6, 6.07) is 0.462. The molecule has 0 bridgehead atoms. The summed E-state index contributed by atoms with van der Waals surface area (Å²) >= 11 is 0. The molecular formula is C25H51N. The minimum Gasteiger partial charge on any atom is -0.328 e. The van der Waals surface area contributed by atoms with Gasteiger partial charge in [-0.15, -0.1) is 0 Å². The van der Waals surface area contributed by atoms with Crippen LogP contribution in [0.5, 0.6) is 0 Å². The first-order chi connectivity index (χ1) is 12.6. The van der Waals surface area contributed by atoms with Crippen molar-refractivity contribution in [2.24, 2.45) is 5.73 Å². The van der Waals surface area contributed by atoms with Gasteiger partial charge in [0.2, 0.25) is 0 Å². The van der Waals surface area contributed by atoms with Crippen LogP contribution in [0.2, 0.25) is 0 Å². The predicted molar refractivity (Wildman–Crippen MR) is 121 cm³/mol. The molecule has 0 aliphatic carbocycles.